The van der Waals surface area contributed by atoms with Crippen LogP contribution in [0.15, 0.2) is 0 Å². The van der Waals surface area contributed by atoms with E-state index in [9.17, 15) is 8.42 Å². The Morgan fingerprint density at radius 3 is 2.83 bits per heavy atom. The molecule has 1 aliphatic carbocycles. The topological polar surface area (TPSA) is 67.2 Å². The maximum atomic E-state index is 11.1. The highest BCUT2D eigenvalue weighted by Crippen LogP contribution is 2.40. The first kappa shape index (κ1) is 9.49. The van der Waals surface area contributed by atoms with Gasteiger partial charge in [0.1, 0.15) is 0 Å². The zero-order chi connectivity index (χ0) is 9.19. The van der Waals surface area contributed by atoms with E-state index < -0.39 is 15.4 Å². The summed E-state index contributed by atoms with van der Waals surface area (Å²) >= 11 is 0. The van der Waals surface area contributed by atoms with Crippen molar-refractivity contribution in [3.05, 3.63) is 0 Å². The van der Waals surface area contributed by atoms with Crippen LogP contribution in [0, 0.1) is 17.2 Å². The molecule has 0 unspecified atom stereocenters. The Hall–Kier alpha value is -0.600. The van der Waals surface area contributed by atoms with Gasteiger partial charge in [0, 0.05) is 6.42 Å². The Kier molecular flexibility index (Phi) is 2.70. The van der Waals surface area contributed by atoms with E-state index in [1.165, 1.54) is 0 Å². The van der Waals surface area contributed by atoms with Gasteiger partial charge in [-0.2, -0.15) is 13.7 Å². The van der Waals surface area contributed by atoms with Crippen molar-refractivity contribution in [1.29, 1.82) is 5.26 Å². The summed E-state index contributed by atoms with van der Waals surface area (Å²) in [5, 5.41) is 7.89. The lowest BCUT2D eigenvalue weighted by Crippen LogP contribution is -2.12. The zero-order valence-electron chi connectivity index (χ0n) is 6.86. The van der Waals surface area contributed by atoms with Gasteiger partial charge in [-0.05, 0) is 19.3 Å². The highest BCUT2D eigenvalue weighted by molar-refractivity contribution is 7.87. The molecule has 0 radical (unpaired) electrons. The SMILES string of the molecule is CCOS(=O)(=O)[C@@H]1C[C@@H]1CC#N. The van der Waals surface area contributed by atoms with E-state index in [1.807, 2.05) is 6.07 Å². The van der Waals surface area contributed by atoms with E-state index >= 15 is 0 Å². The molecule has 0 spiro atoms. The van der Waals surface area contributed by atoms with E-state index in [2.05, 4.69) is 4.18 Å². The second-order valence-electron chi connectivity index (χ2n) is 2.80. The third-order valence-corrected chi connectivity index (χ3v) is 3.75. The van der Waals surface area contributed by atoms with E-state index in [0.717, 1.165) is 0 Å². The van der Waals surface area contributed by atoms with Gasteiger partial charge in [-0.1, -0.05) is 0 Å². The third kappa shape index (κ3) is 1.96. The van der Waals surface area contributed by atoms with Gasteiger partial charge in [-0.25, -0.2) is 0 Å². The molecule has 0 N–H and O–H groups in total. The fourth-order valence-corrected chi connectivity index (χ4v) is 2.71. The van der Waals surface area contributed by atoms with Crippen LogP contribution in [0.5, 0.6) is 0 Å². The van der Waals surface area contributed by atoms with Crippen LogP contribution >= 0.6 is 0 Å². The van der Waals surface area contributed by atoms with Crippen LogP contribution in [0.25, 0.3) is 0 Å². The lowest BCUT2D eigenvalue weighted by Gasteiger charge is -1.99. The molecule has 0 heterocycles. The highest BCUT2D eigenvalue weighted by Gasteiger charge is 2.47. The smallest absolute Gasteiger partial charge is 0.270 e. The molecule has 1 aliphatic rings. The first-order valence-electron chi connectivity index (χ1n) is 3.87. The van der Waals surface area contributed by atoms with Gasteiger partial charge in [0.25, 0.3) is 10.1 Å². The molecule has 0 amide bonds. The van der Waals surface area contributed by atoms with Crippen LogP contribution < -0.4 is 0 Å². The van der Waals surface area contributed by atoms with Crippen LogP contribution in [-0.2, 0) is 14.3 Å². The fraction of sp³-hybridized carbons (Fsp3) is 0.857. The molecule has 0 aromatic carbocycles. The Morgan fingerprint density at radius 2 is 2.33 bits per heavy atom. The van der Waals surface area contributed by atoms with Gasteiger partial charge >= 0.3 is 0 Å². The van der Waals surface area contributed by atoms with Crippen LogP contribution in [-0.4, -0.2) is 20.3 Å². The van der Waals surface area contributed by atoms with E-state index in [-0.39, 0.29) is 12.5 Å². The second kappa shape index (κ2) is 3.42. The number of hydrogen-bond donors (Lipinski definition) is 0. The summed E-state index contributed by atoms with van der Waals surface area (Å²) in [6, 6.07) is 1.95. The number of nitrogens with zero attached hydrogens (tertiary/aromatic N) is 1. The van der Waals surface area contributed by atoms with Gasteiger partial charge < -0.3 is 0 Å². The molecule has 1 fully saturated rings. The maximum Gasteiger partial charge on any atom is 0.270 e. The Bertz CT molecular complexity index is 290. The normalized spacial score (nSPS) is 28.0. The predicted molar refractivity (Wildman–Crippen MR) is 42.7 cm³/mol. The van der Waals surface area contributed by atoms with Crippen molar-refractivity contribution in [3.63, 3.8) is 0 Å². The summed E-state index contributed by atoms with van der Waals surface area (Å²) in [4.78, 5) is 0. The molecule has 4 nitrogen and oxygen atoms in total. The van der Waals surface area contributed by atoms with Crippen LogP contribution in [0.2, 0.25) is 0 Å². The molecular weight excluding hydrogens is 178 g/mol. The second-order valence-corrected chi connectivity index (χ2v) is 4.62. The molecule has 0 aromatic rings. The molecule has 1 rings (SSSR count). The first-order valence-corrected chi connectivity index (χ1v) is 5.34. The van der Waals surface area contributed by atoms with Crippen molar-refractivity contribution in [1.82, 2.24) is 0 Å². The minimum Gasteiger partial charge on any atom is -0.270 e. The molecule has 0 bridgehead atoms. The van der Waals surface area contributed by atoms with E-state index in [0.29, 0.717) is 12.8 Å². The molecule has 2 atom stereocenters. The summed E-state index contributed by atoms with van der Waals surface area (Å²) in [5.74, 6) is 0.00606. The largest absolute Gasteiger partial charge is 0.270 e. The van der Waals surface area contributed by atoms with Crippen molar-refractivity contribution in [2.45, 2.75) is 25.0 Å². The van der Waals surface area contributed by atoms with Gasteiger partial charge in [-0.15, -0.1) is 0 Å². The number of rotatable bonds is 4. The quantitative estimate of drug-likeness (QED) is 0.609. The molecule has 0 saturated heterocycles. The lowest BCUT2D eigenvalue weighted by atomic mass is 10.3. The van der Waals surface area contributed by atoms with Crippen LogP contribution in [0.1, 0.15) is 19.8 Å². The maximum absolute atomic E-state index is 11.1. The van der Waals surface area contributed by atoms with Gasteiger partial charge in [0.15, 0.2) is 0 Å². The first-order chi connectivity index (χ1) is 5.61. The average Bonchev–Trinajstić information content (AvgIpc) is 2.68. The van der Waals surface area contributed by atoms with E-state index in [4.69, 9.17) is 5.26 Å². The van der Waals surface area contributed by atoms with Crippen LogP contribution in [0.3, 0.4) is 0 Å². The summed E-state index contributed by atoms with van der Waals surface area (Å²) in [7, 11) is -3.36. The monoisotopic (exact) mass is 189 g/mol. The number of hydrogen-bond acceptors (Lipinski definition) is 4. The predicted octanol–water partition coefficient (Wildman–Crippen LogP) is 0.655. The molecule has 12 heavy (non-hydrogen) atoms. The van der Waals surface area contributed by atoms with Gasteiger partial charge in [0.2, 0.25) is 0 Å². The Labute approximate surface area is 72.3 Å². The molecule has 0 aromatic heterocycles. The van der Waals surface area contributed by atoms with Gasteiger partial charge in [-0.3, -0.25) is 4.18 Å². The van der Waals surface area contributed by atoms with Crippen molar-refractivity contribution in [2.24, 2.45) is 5.92 Å². The van der Waals surface area contributed by atoms with Crippen molar-refractivity contribution >= 4 is 10.1 Å². The average molecular weight is 189 g/mol. The number of nitriles is 1. The van der Waals surface area contributed by atoms with Crippen LogP contribution in [0.4, 0.5) is 0 Å². The Morgan fingerprint density at radius 1 is 1.67 bits per heavy atom. The minimum absolute atomic E-state index is 0.00606. The highest BCUT2D eigenvalue weighted by atomic mass is 32.2. The molecule has 1 saturated carbocycles. The van der Waals surface area contributed by atoms with Gasteiger partial charge in [0.05, 0.1) is 17.9 Å². The standard InChI is InChI=1S/C7H11NO3S/c1-2-11-12(9,10)7-5-6(7)3-4-8/h6-7H,2-3,5H2,1H3/t6-,7+/m0/s1. The van der Waals surface area contributed by atoms with Crippen molar-refractivity contribution in [3.8, 4) is 6.07 Å². The zero-order valence-corrected chi connectivity index (χ0v) is 7.67. The molecule has 0 aliphatic heterocycles. The summed E-state index contributed by atoms with van der Waals surface area (Å²) in [5.41, 5.74) is 0. The Balaban J connectivity index is 2.48. The van der Waals surface area contributed by atoms with Crippen molar-refractivity contribution < 1.29 is 12.6 Å². The molecule has 5 heteroatoms. The summed E-state index contributed by atoms with van der Waals surface area (Å²) < 4.78 is 26.9. The summed E-state index contributed by atoms with van der Waals surface area (Å²) in [6.07, 6.45) is 0.896. The minimum atomic E-state index is -3.36. The van der Waals surface area contributed by atoms with E-state index in [1.54, 1.807) is 6.92 Å². The lowest BCUT2D eigenvalue weighted by molar-refractivity contribution is 0.336. The van der Waals surface area contributed by atoms with Crippen molar-refractivity contribution in [2.75, 3.05) is 6.61 Å². The summed E-state index contributed by atoms with van der Waals surface area (Å²) in [6.45, 7) is 1.82. The molecule has 68 valence electrons. The fourth-order valence-electron chi connectivity index (χ4n) is 1.16. The molecular formula is C7H11NO3S. The third-order valence-electron chi connectivity index (χ3n) is 1.86.